The number of aliphatic hydroxyl groups excluding tert-OH is 2. The first kappa shape index (κ1) is 20.1. The minimum atomic E-state index is -0.668. The number of aliphatic hydroxyl groups is 2. The molecule has 5 unspecified atom stereocenters. The molecule has 5 atom stereocenters. The number of carbonyl (C=O) groups is 2. The molecule has 26 heavy (non-hydrogen) atoms. The van der Waals surface area contributed by atoms with Crippen molar-refractivity contribution in [2.75, 3.05) is 13.2 Å². The van der Waals surface area contributed by atoms with E-state index in [2.05, 4.69) is 19.7 Å². The average molecular weight is 362 g/mol. The van der Waals surface area contributed by atoms with Crippen molar-refractivity contribution in [1.82, 2.24) is 0 Å². The third-order valence-electron chi connectivity index (χ3n) is 5.49. The lowest BCUT2D eigenvalue weighted by Gasteiger charge is -2.48. The van der Waals surface area contributed by atoms with Crippen LogP contribution in [0.25, 0.3) is 0 Å². The Labute approximate surface area is 153 Å². The van der Waals surface area contributed by atoms with E-state index >= 15 is 0 Å². The molecule has 2 N–H and O–H groups in total. The average Bonchev–Trinajstić information content (AvgIpc) is 2.90. The van der Waals surface area contributed by atoms with Gasteiger partial charge in [0, 0.05) is 11.5 Å². The van der Waals surface area contributed by atoms with Crippen molar-refractivity contribution in [3.05, 3.63) is 48.6 Å². The van der Waals surface area contributed by atoms with E-state index in [0.717, 1.165) is 0 Å². The number of ether oxygens (including phenoxy) is 2. The molecule has 0 aromatic carbocycles. The molecule has 0 amide bonds. The van der Waals surface area contributed by atoms with Crippen molar-refractivity contribution in [3.8, 4) is 0 Å². The summed E-state index contributed by atoms with van der Waals surface area (Å²) >= 11 is 0. The molecule has 0 radical (unpaired) electrons. The van der Waals surface area contributed by atoms with Gasteiger partial charge in [-0.1, -0.05) is 32.2 Å². The maximum Gasteiger partial charge on any atom is 0.336 e. The van der Waals surface area contributed by atoms with Crippen molar-refractivity contribution in [1.29, 1.82) is 0 Å². The topological polar surface area (TPSA) is 93.1 Å². The quantitative estimate of drug-likeness (QED) is 0.424. The van der Waals surface area contributed by atoms with Crippen LogP contribution in [0.1, 0.15) is 20.3 Å². The Hall–Kier alpha value is -2.18. The molecule has 2 fully saturated rings. The molecule has 1 heterocycles. The van der Waals surface area contributed by atoms with Gasteiger partial charge >= 0.3 is 11.9 Å². The summed E-state index contributed by atoms with van der Waals surface area (Å²) in [5.41, 5.74) is 0.297. The van der Waals surface area contributed by atoms with E-state index in [-0.39, 0.29) is 23.7 Å². The van der Waals surface area contributed by atoms with Crippen LogP contribution >= 0.6 is 0 Å². The zero-order chi connectivity index (χ0) is 19.6. The summed E-state index contributed by atoms with van der Waals surface area (Å²) in [7, 11) is 0. The maximum atomic E-state index is 12.3. The summed E-state index contributed by atoms with van der Waals surface area (Å²) in [5, 5.41) is 18.9. The fourth-order valence-electron chi connectivity index (χ4n) is 3.99. The molecule has 0 spiro atoms. The van der Waals surface area contributed by atoms with Gasteiger partial charge in [-0.05, 0) is 24.3 Å². The molecule has 0 aromatic rings. The second kappa shape index (κ2) is 7.60. The molecule has 2 aliphatic rings. The summed E-state index contributed by atoms with van der Waals surface area (Å²) < 4.78 is 11.1. The van der Waals surface area contributed by atoms with Crippen LogP contribution in [-0.2, 0) is 19.1 Å². The maximum absolute atomic E-state index is 12.3. The van der Waals surface area contributed by atoms with Gasteiger partial charge in [0.15, 0.2) is 0 Å². The lowest BCUT2D eigenvalue weighted by Crippen LogP contribution is -2.52. The fraction of sp³-hybridized carbons (Fsp3) is 0.500. The zero-order valence-electron chi connectivity index (χ0n) is 15.2. The number of hydrogen-bond donors (Lipinski definition) is 2. The highest BCUT2D eigenvalue weighted by molar-refractivity contribution is 5.92. The molecule has 1 aliphatic heterocycles. The van der Waals surface area contributed by atoms with Crippen molar-refractivity contribution < 1.29 is 29.3 Å². The molecular weight excluding hydrogens is 336 g/mol. The number of rotatable bonds is 6. The minimum Gasteiger partial charge on any atom is -0.458 e. The number of esters is 2. The van der Waals surface area contributed by atoms with Crippen LogP contribution in [0, 0.1) is 17.3 Å². The highest BCUT2D eigenvalue weighted by Crippen LogP contribution is 2.53. The van der Waals surface area contributed by atoms with Crippen molar-refractivity contribution in [2.45, 2.75) is 32.5 Å². The van der Waals surface area contributed by atoms with Gasteiger partial charge in [-0.25, -0.2) is 9.59 Å². The van der Waals surface area contributed by atoms with E-state index in [1.54, 1.807) is 13.0 Å². The van der Waals surface area contributed by atoms with Crippen LogP contribution in [0.4, 0.5) is 0 Å². The van der Waals surface area contributed by atoms with Crippen molar-refractivity contribution in [2.24, 2.45) is 17.3 Å². The highest BCUT2D eigenvalue weighted by Gasteiger charge is 2.58. The van der Waals surface area contributed by atoms with E-state index in [9.17, 15) is 19.8 Å². The third-order valence-corrected chi connectivity index (χ3v) is 5.49. The summed E-state index contributed by atoms with van der Waals surface area (Å²) in [6.45, 7) is 14.5. The minimum absolute atomic E-state index is 0.139. The smallest absolute Gasteiger partial charge is 0.336 e. The van der Waals surface area contributed by atoms with Crippen LogP contribution in [0.2, 0.25) is 0 Å². The largest absolute Gasteiger partial charge is 0.458 e. The highest BCUT2D eigenvalue weighted by atomic mass is 16.6. The third kappa shape index (κ3) is 3.27. The molecule has 0 bridgehead atoms. The monoisotopic (exact) mass is 362 g/mol. The van der Waals surface area contributed by atoms with Gasteiger partial charge in [0.05, 0.1) is 24.7 Å². The second-order valence-corrected chi connectivity index (χ2v) is 7.04. The van der Waals surface area contributed by atoms with Crippen LogP contribution < -0.4 is 0 Å². The predicted molar refractivity (Wildman–Crippen MR) is 95.9 cm³/mol. The summed E-state index contributed by atoms with van der Waals surface area (Å²) in [6.07, 6.45) is 2.25. The van der Waals surface area contributed by atoms with E-state index in [1.165, 1.54) is 6.08 Å². The normalized spacial score (nSPS) is 34.1. The van der Waals surface area contributed by atoms with E-state index in [1.807, 2.05) is 6.92 Å². The summed E-state index contributed by atoms with van der Waals surface area (Å²) in [6, 6.07) is 0. The molecule has 1 saturated carbocycles. The molecular formula is C20H26O6. The van der Waals surface area contributed by atoms with E-state index in [4.69, 9.17) is 9.47 Å². The molecule has 1 aliphatic carbocycles. The Morgan fingerprint density at radius 2 is 2.08 bits per heavy atom. The van der Waals surface area contributed by atoms with Crippen molar-refractivity contribution in [3.63, 3.8) is 0 Å². The first-order valence-electron chi connectivity index (χ1n) is 8.53. The molecule has 6 nitrogen and oxygen atoms in total. The number of hydrogen-bond acceptors (Lipinski definition) is 6. The second-order valence-electron chi connectivity index (χ2n) is 7.04. The standard InChI is InChI=1S/C20H26O6/c1-6-13(10-22)19(24)25-14-8-20(5,7-2)16(11(3)9-21)17-15(14)12(4)18(23)26-17/h6-7,14-17,21-22H,2-4,8-10H2,1,5H3. The summed E-state index contributed by atoms with van der Waals surface area (Å²) in [4.78, 5) is 24.5. The van der Waals surface area contributed by atoms with Gasteiger partial charge in [0.1, 0.15) is 12.2 Å². The van der Waals surface area contributed by atoms with Gasteiger partial charge in [-0.3, -0.25) is 0 Å². The first-order chi connectivity index (χ1) is 12.2. The van der Waals surface area contributed by atoms with E-state index < -0.39 is 42.1 Å². The van der Waals surface area contributed by atoms with Crippen LogP contribution in [-0.4, -0.2) is 47.6 Å². The molecule has 2 rings (SSSR count). The molecule has 0 aromatic heterocycles. The number of fused-ring (bicyclic) bond motifs is 1. The Morgan fingerprint density at radius 1 is 1.42 bits per heavy atom. The van der Waals surface area contributed by atoms with Gasteiger partial charge in [-0.15, -0.1) is 6.58 Å². The molecule has 142 valence electrons. The zero-order valence-corrected chi connectivity index (χ0v) is 15.2. The predicted octanol–water partition coefficient (Wildman–Crippen LogP) is 1.70. The Morgan fingerprint density at radius 3 is 2.58 bits per heavy atom. The van der Waals surface area contributed by atoms with Crippen LogP contribution in [0.3, 0.4) is 0 Å². The van der Waals surface area contributed by atoms with Gasteiger partial charge < -0.3 is 19.7 Å². The first-order valence-corrected chi connectivity index (χ1v) is 8.53. The van der Waals surface area contributed by atoms with Crippen molar-refractivity contribution >= 4 is 11.9 Å². The molecule has 6 heteroatoms. The van der Waals surface area contributed by atoms with Gasteiger partial charge in [0.25, 0.3) is 0 Å². The lowest BCUT2D eigenvalue weighted by molar-refractivity contribution is -0.159. The Balaban J connectivity index is 2.43. The Kier molecular flexibility index (Phi) is 5.88. The fourth-order valence-corrected chi connectivity index (χ4v) is 3.99. The molecule has 1 saturated heterocycles. The van der Waals surface area contributed by atoms with Crippen LogP contribution in [0.5, 0.6) is 0 Å². The number of carbonyl (C=O) groups excluding carboxylic acids is 2. The Bertz CT molecular complexity index is 676. The van der Waals surface area contributed by atoms with Gasteiger partial charge in [0.2, 0.25) is 0 Å². The van der Waals surface area contributed by atoms with Crippen LogP contribution in [0.15, 0.2) is 48.6 Å². The SMILES string of the molecule is C=CC1(C)CC(OC(=O)C(=CC)CO)C2C(=C)C(=O)OC2C1C(=C)CO. The summed E-state index contributed by atoms with van der Waals surface area (Å²) in [5.74, 6) is -2.09. The lowest BCUT2D eigenvalue weighted by atomic mass is 9.59. The number of allylic oxidation sites excluding steroid dienone is 2. The van der Waals surface area contributed by atoms with Gasteiger partial charge in [-0.2, -0.15) is 0 Å². The van der Waals surface area contributed by atoms with E-state index in [0.29, 0.717) is 12.0 Å².